The number of nitrogen functional groups attached to an aromatic ring is 1. The van der Waals surface area contributed by atoms with E-state index in [1.165, 1.54) is 0 Å². The van der Waals surface area contributed by atoms with E-state index in [2.05, 4.69) is 9.97 Å². The zero-order valence-electron chi connectivity index (χ0n) is 14.0. The lowest BCUT2D eigenvalue weighted by Crippen LogP contribution is -2.32. The minimum atomic E-state index is -0.103. The summed E-state index contributed by atoms with van der Waals surface area (Å²) >= 11 is 0. The van der Waals surface area contributed by atoms with Gasteiger partial charge in [-0.1, -0.05) is 12.1 Å². The Morgan fingerprint density at radius 1 is 1.22 bits per heavy atom. The van der Waals surface area contributed by atoms with E-state index in [1.807, 2.05) is 38.1 Å². The number of rotatable bonds is 5. The largest absolute Gasteiger partial charge is 0.496 e. The highest BCUT2D eigenvalue weighted by Gasteiger charge is 2.24. The van der Waals surface area contributed by atoms with Crippen LogP contribution in [0.4, 0.5) is 5.95 Å². The number of benzene rings is 1. The first-order chi connectivity index (χ1) is 11.0. The third kappa shape index (κ3) is 3.26. The maximum absolute atomic E-state index is 12.9. The lowest BCUT2D eigenvalue weighted by atomic mass is 10.0. The van der Waals surface area contributed by atoms with Gasteiger partial charge in [0.1, 0.15) is 5.75 Å². The molecule has 0 unspecified atom stereocenters. The number of nitrogens with two attached hydrogens (primary N) is 1. The third-order valence-corrected chi connectivity index (χ3v) is 3.73. The molecule has 23 heavy (non-hydrogen) atoms. The van der Waals surface area contributed by atoms with Crippen LogP contribution in [0.15, 0.2) is 24.3 Å². The summed E-state index contributed by atoms with van der Waals surface area (Å²) in [5.41, 5.74) is 8.07. The molecule has 2 N–H and O–H groups in total. The molecule has 2 rings (SSSR count). The summed E-state index contributed by atoms with van der Waals surface area (Å²) in [6, 6.07) is 7.43. The molecule has 0 aliphatic rings. The van der Waals surface area contributed by atoms with Crippen LogP contribution >= 0.6 is 0 Å². The van der Waals surface area contributed by atoms with Gasteiger partial charge in [0, 0.05) is 18.7 Å². The second kappa shape index (κ2) is 7.09. The number of amides is 1. The number of ether oxygens (including phenoxy) is 1. The Bertz CT molecular complexity index is 712. The van der Waals surface area contributed by atoms with E-state index in [9.17, 15) is 4.79 Å². The van der Waals surface area contributed by atoms with Crippen LogP contribution in [0.5, 0.6) is 5.75 Å². The standard InChI is InChI=1S/C17H22N4O2/c1-5-21(6-2)16(22)14-11(3)19-17(18)20-15(14)12-9-7-8-10-13(12)23-4/h7-10H,5-6H2,1-4H3,(H2,18,19,20). The van der Waals surface area contributed by atoms with Gasteiger partial charge in [0.15, 0.2) is 0 Å². The highest BCUT2D eigenvalue weighted by Crippen LogP contribution is 2.32. The lowest BCUT2D eigenvalue weighted by Gasteiger charge is -2.21. The summed E-state index contributed by atoms with van der Waals surface area (Å²) in [5, 5.41) is 0. The molecule has 0 spiro atoms. The molecular formula is C17H22N4O2. The molecule has 0 aliphatic carbocycles. The van der Waals surface area contributed by atoms with Gasteiger partial charge >= 0.3 is 0 Å². The Morgan fingerprint density at radius 3 is 2.48 bits per heavy atom. The van der Waals surface area contributed by atoms with Gasteiger partial charge in [-0.25, -0.2) is 9.97 Å². The number of methoxy groups -OCH3 is 1. The van der Waals surface area contributed by atoms with Gasteiger partial charge < -0.3 is 15.4 Å². The summed E-state index contributed by atoms with van der Waals surface area (Å²) in [7, 11) is 1.59. The van der Waals surface area contributed by atoms with Crippen molar-refractivity contribution >= 4 is 11.9 Å². The number of anilines is 1. The van der Waals surface area contributed by atoms with Crippen molar-refractivity contribution in [3.8, 4) is 17.0 Å². The van der Waals surface area contributed by atoms with Crippen molar-refractivity contribution in [2.75, 3.05) is 25.9 Å². The number of carbonyl (C=O) groups excluding carboxylic acids is 1. The third-order valence-electron chi connectivity index (χ3n) is 3.73. The molecule has 0 saturated heterocycles. The van der Waals surface area contributed by atoms with Crippen molar-refractivity contribution in [2.45, 2.75) is 20.8 Å². The molecule has 0 aliphatic heterocycles. The van der Waals surface area contributed by atoms with Gasteiger partial charge in [0.05, 0.1) is 24.1 Å². The number of carbonyl (C=O) groups is 1. The van der Waals surface area contributed by atoms with Crippen LogP contribution in [-0.4, -0.2) is 41.0 Å². The summed E-state index contributed by atoms with van der Waals surface area (Å²) in [4.78, 5) is 23.1. The molecule has 0 saturated carbocycles. The maximum Gasteiger partial charge on any atom is 0.257 e. The number of aromatic nitrogens is 2. The Balaban J connectivity index is 2.70. The number of nitrogens with zero attached hydrogens (tertiary/aromatic N) is 3. The Hall–Kier alpha value is -2.63. The van der Waals surface area contributed by atoms with Crippen molar-refractivity contribution in [1.82, 2.24) is 14.9 Å². The summed E-state index contributed by atoms with van der Waals surface area (Å²) in [6.07, 6.45) is 0. The summed E-state index contributed by atoms with van der Waals surface area (Å²) < 4.78 is 5.40. The molecule has 0 fully saturated rings. The van der Waals surface area contributed by atoms with Gasteiger partial charge in [-0.3, -0.25) is 4.79 Å². The maximum atomic E-state index is 12.9. The molecule has 6 heteroatoms. The molecule has 0 radical (unpaired) electrons. The fraction of sp³-hybridized carbons (Fsp3) is 0.353. The van der Waals surface area contributed by atoms with Crippen LogP contribution in [-0.2, 0) is 0 Å². The second-order valence-corrected chi connectivity index (χ2v) is 5.07. The smallest absolute Gasteiger partial charge is 0.257 e. The molecular weight excluding hydrogens is 292 g/mol. The number of aryl methyl sites for hydroxylation is 1. The SMILES string of the molecule is CCN(CC)C(=O)c1c(C)nc(N)nc1-c1ccccc1OC. The molecule has 122 valence electrons. The van der Waals surface area contributed by atoms with Crippen molar-refractivity contribution in [1.29, 1.82) is 0 Å². The topological polar surface area (TPSA) is 81.3 Å². The zero-order valence-corrected chi connectivity index (χ0v) is 14.0. The Morgan fingerprint density at radius 2 is 1.87 bits per heavy atom. The van der Waals surface area contributed by atoms with E-state index in [0.29, 0.717) is 35.8 Å². The molecule has 6 nitrogen and oxygen atoms in total. The molecule has 1 aromatic carbocycles. The Kier molecular flexibility index (Phi) is 5.16. The van der Waals surface area contributed by atoms with Crippen LogP contribution in [0.2, 0.25) is 0 Å². The molecule has 1 amide bonds. The monoisotopic (exact) mass is 314 g/mol. The molecule has 1 heterocycles. The van der Waals surface area contributed by atoms with E-state index in [-0.39, 0.29) is 11.9 Å². The van der Waals surface area contributed by atoms with Crippen LogP contribution in [0.25, 0.3) is 11.3 Å². The van der Waals surface area contributed by atoms with Gasteiger partial charge in [-0.2, -0.15) is 0 Å². The highest BCUT2D eigenvalue weighted by molar-refractivity contribution is 6.01. The van der Waals surface area contributed by atoms with E-state index in [0.717, 1.165) is 5.56 Å². The molecule has 0 bridgehead atoms. The van der Waals surface area contributed by atoms with Crippen LogP contribution < -0.4 is 10.5 Å². The van der Waals surface area contributed by atoms with Crippen molar-refractivity contribution in [2.24, 2.45) is 0 Å². The second-order valence-electron chi connectivity index (χ2n) is 5.07. The predicted octanol–water partition coefficient (Wildman–Crippen LogP) is 2.52. The predicted molar refractivity (Wildman–Crippen MR) is 90.4 cm³/mol. The van der Waals surface area contributed by atoms with Gasteiger partial charge in [0.25, 0.3) is 5.91 Å². The first-order valence-electron chi connectivity index (χ1n) is 7.60. The van der Waals surface area contributed by atoms with Crippen LogP contribution in [0, 0.1) is 6.92 Å². The minimum absolute atomic E-state index is 0.103. The summed E-state index contributed by atoms with van der Waals surface area (Å²) in [6.45, 7) is 6.89. The highest BCUT2D eigenvalue weighted by atomic mass is 16.5. The molecule has 0 atom stereocenters. The minimum Gasteiger partial charge on any atom is -0.496 e. The van der Waals surface area contributed by atoms with E-state index < -0.39 is 0 Å². The number of hydrogen-bond donors (Lipinski definition) is 1. The summed E-state index contributed by atoms with van der Waals surface area (Å²) in [5.74, 6) is 0.673. The average Bonchev–Trinajstić information content (AvgIpc) is 2.55. The average molecular weight is 314 g/mol. The van der Waals surface area contributed by atoms with Crippen molar-refractivity contribution in [3.63, 3.8) is 0 Å². The van der Waals surface area contributed by atoms with Gasteiger partial charge in [0.2, 0.25) is 5.95 Å². The quantitative estimate of drug-likeness (QED) is 0.917. The van der Waals surface area contributed by atoms with E-state index in [1.54, 1.807) is 18.9 Å². The fourth-order valence-corrected chi connectivity index (χ4v) is 2.55. The lowest BCUT2D eigenvalue weighted by molar-refractivity contribution is 0.0772. The van der Waals surface area contributed by atoms with Crippen LogP contribution in [0.1, 0.15) is 29.9 Å². The van der Waals surface area contributed by atoms with Gasteiger partial charge in [-0.15, -0.1) is 0 Å². The first kappa shape index (κ1) is 16.7. The Labute approximate surface area is 136 Å². The van der Waals surface area contributed by atoms with E-state index >= 15 is 0 Å². The number of hydrogen-bond acceptors (Lipinski definition) is 5. The zero-order chi connectivity index (χ0) is 17.0. The molecule has 2 aromatic rings. The molecule has 1 aromatic heterocycles. The van der Waals surface area contributed by atoms with Crippen LogP contribution in [0.3, 0.4) is 0 Å². The number of para-hydroxylation sites is 1. The normalized spacial score (nSPS) is 10.4. The fourth-order valence-electron chi connectivity index (χ4n) is 2.55. The van der Waals surface area contributed by atoms with Crippen molar-refractivity contribution < 1.29 is 9.53 Å². The van der Waals surface area contributed by atoms with Crippen molar-refractivity contribution in [3.05, 3.63) is 35.5 Å². The van der Waals surface area contributed by atoms with E-state index in [4.69, 9.17) is 10.5 Å². The first-order valence-corrected chi connectivity index (χ1v) is 7.60. The van der Waals surface area contributed by atoms with Gasteiger partial charge in [-0.05, 0) is 32.9 Å².